The lowest BCUT2D eigenvalue weighted by Crippen LogP contribution is -2.25. The van der Waals surface area contributed by atoms with Crippen LogP contribution in [0.5, 0.6) is 11.5 Å². The Morgan fingerprint density at radius 2 is 1.05 bits per heavy atom. The van der Waals surface area contributed by atoms with Crippen molar-refractivity contribution in [2.75, 3.05) is 40.3 Å². The summed E-state index contributed by atoms with van der Waals surface area (Å²) >= 11 is 0. The third kappa shape index (κ3) is 10.4. The van der Waals surface area contributed by atoms with Crippen LogP contribution in [0.1, 0.15) is 81.3 Å². The summed E-state index contributed by atoms with van der Waals surface area (Å²) in [4.78, 5) is 13.9. The van der Waals surface area contributed by atoms with Crippen molar-refractivity contribution in [3.63, 3.8) is 0 Å². The van der Waals surface area contributed by atoms with Gasteiger partial charge in [0.05, 0.1) is 0 Å². The van der Waals surface area contributed by atoms with E-state index in [4.69, 9.17) is 0 Å². The molecule has 2 aromatic carbocycles. The molecule has 0 atom stereocenters. The van der Waals surface area contributed by atoms with E-state index in [0.717, 1.165) is 77.4 Å². The van der Waals surface area contributed by atoms with E-state index in [0.29, 0.717) is 36.4 Å². The van der Waals surface area contributed by atoms with Crippen LogP contribution in [0.3, 0.4) is 0 Å². The molecule has 0 spiro atoms. The zero-order valence-electron chi connectivity index (χ0n) is 26.1. The number of aromatic hydroxyl groups is 2. The second kappa shape index (κ2) is 15.2. The Labute approximate surface area is 237 Å². The van der Waals surface area contributed by atoms with Crippen molar-refractivity contribution in [3.05, 3.63) is 57.6 Å². The topological polar surface area (TPSA) is 71.7 Å². The van der Waals surface area contributed by atoms with Crippen LogP contribution in [0.25, 0.3) is 0 Å². The van der Waals surface area contributed by atoms with Crippen LogP contribution >= 0.6 is 0 Å². The number of benzene rings is 2. The Morgan fingerprint density at radius 1 is 0.692 bits per heavy atom. The zero-order valence-corrected chi connectivity index (χ0v) is 26.1. The minimum absolute atomic E-state index is 0.340. The van der Waals surface area contributed by atoms with Crippen LogP contribution < -0.4 is 0 Å². The molecule has 0 aromatic heterocycles. The molecule has 2 N–H and O–H groups in total. The molecule has 0 fully saturated rings. The van der Waals surface area contributed by atoms with Gasteiger partial charge >= 0.3 is 0 Å². The normalized spacial score (nSPS) is 13.0. The van der Waals surface area contributed by atoms with Gasteiger partial charge < -0.3 is 20.0 Å². The van der Waals surface area contributed by atoms with Crippen molar-refractivity contribution in [1.29, 1.82) is 0 Å². The zero-order chi connectivity index (χ0) is 29.3. The van der Waals surface area contributed by atoms with E-state index in [9.17, 15) is 10.2 Å². The van der Waals surface area contributed by atoms with E-state index in [1.807, 2.05) is 26.0 Å². The maximum Gasteiger partial charge on any atom is 0.129 e. The van der Waals surface area contributed by atoms with Crippen molar-refractivity contribution in [3.8, 4) is 11.5 Å². The molecule has 0 unspecified atom stereocenters. The molecule has 0 radical (unpaired) electrons. The molecule has 0 amide bonds. The first kappa shape index (κ1) is 32.5. The SMILES string of the molecule is CC(=NCC(C)C)c1cc(C)cc(CN(C)CCCN(C)Cc2cc(C)cc(C(C)=NCC(C)C)c2O)c1O. The summed E-state index contributed by atoms with van der Waals surface area (Å²) in [6, 6.07) is 8.19. The van der Waals surface area contributed by atoms with Crippen molar-refractivity contribution in [2.24, 2.45) is 21.8 Å². The number of phenols is 2. The predicted octanol–water partition coefficient (Wildman–Crippen LogP) is 6.60. The second-order valence-corrected chi connectivity index (χ2v) is 12.1. The predicted molar refractivity (Wildman–Crippen MR) is 167 cm³/mol. The largest absolute Gasteiger partial charge is 0.507 e. The van der Waals surface area contributed by atoms with Gasteiger partial charge in [0.1, 0.15) is 11.5 Å². The maximum absolute atomic E-state index is 11.0. The fourth-order valence-corrected chi connectivity index (χ4v) is 4.66. The van der Waals surface area contributed by atoms with Crippen molar-refractivity contribution in [1.82, 2.24) is 9.80 Å². The number of hydrogen-bond acceptors (Lipinski definition) is 6. The van der Waals surface area contributed by atoms with Gasteiger partial charge in [-0.3, -0.25) is 9.98 Å². The highest BCUT2D eigenvalue weighted by Crippen LogP contribution is 2.28. The third-order valence-electron chi connectivity index (χ3n) is 6.79. The molecular weight excluding hydrogens is 484 g/mol. The van der Waals surface area contributed by atoms with E-state index in [2.05, 4.69) is 87.6 Å². The van der Waals surface area contributed by atoms with Crippen LogP contribution in [0.15, 0.2) is 34.3 Å². The van der Waals surface area contributed by atoms with Gasteiger partial charge in [-0.15, -0.1) is 0 Å². The number of hydrogen-bond donors (Lipinski definition) is 2. The maximum atomic E-state index is 11.0. The molecule has 216 valence electrons. The van der Waals surface area contributed by atoms with E-state index in [1.165, 1.54) is 0 Å². The number of aliphatic imine (C=N–C) groups is 2. The fourth-order valence-electron chi connectivity index (χ4n) is 4.66. The summed E-state index contributed by atoms with van der Waals surface area (Å²) in [5, 5.41) is 22.0. The van der Waals surface area contributed by atoms with Gasteiger partial charge in [-0.1, -0.05) is 39.8 Å². The highest BCUT2D eigenvalue weighted by molar-refractivity contribution is 6.02. The lowest BCUT2D eigenvalue weighted by Gasteiger charge is -2.22. The molecule has 2 rings (SSSR count). The van der Waals surface area contributed by atoms with Crippen LogP contribution in [-0.2, 0) is 13.1 Å². The molecule has 2 aromatic rings. The lowest BCUT2D eigenvalue weighted by molar-refractivity contribution is 0.266. The van der Waals surface area contributed by atoms with Crippen LogP contribution in [0.4, 0.5) is 0 Å². The quantitative estimate of drug-likeness (QED) is 0.267. The first-order chi connectivity index (χ1) is 18.3. The van der Waals surface area contributed by atoms with Gasteiger partial charge in [0.2, 0.25) is 0 Å². The Bertz CT molecular complexity index is 1060. The summed E-state index contributed by atoms with van der Waals surface area (Å²) in [5.74, 6) is 1.65. The molecule has 6 nitrogen and oxygen atoms in total. The van der Waals surface area contributed by atoms with E-state index >= 15 is 0 Å². The number of rotatable bonds is 14. The van der Waals surface area contributed by atoms with Gasteiger partial charge in [-0.05, 0) is 96.4 Å². The summed E-state index contributed by atoms with van der Waals surface area (Å²) < 4.78 is 0. The molecule has 0 saturated carbocycles. The average Bonchev–Trinajstić information content (AvgIpc) is 2.84. The highest BCUT2D eigenvalue weighted by Gasteiger charge is 2.15. The minimum atomic E-state index is 0.340. The van der Waals surface area contributed by atoms with Gasteiger partial charge in [0.15, 0.2) is 0 Å². The Morgan fingerprint density at radius 3 is 1.38 bits per heavy atom. The van der Waals surface area contributed by atoms with Crippen LogP contribution in [0, 0.1) is 25.7 Å². The molecular formula is C33H52N4O2. The first-order valence-electron chi connectivity index (χ1n) is 14.3. The summed E-state index contributed by atoms with van der Waals surface area (Å²) in [5.41, 5.74) is 7.58. The van der Waals surface area contributed by atoms with Gasteiger partial charge in [-0.2, -0.15) is 0 Å². The molecule has 0 aliphatic rings. The molecule has 0 saturated heterocycles. The second-order valence-electron chi connectivity index (χ2n) is 12.1. The molecule has 0 aliphatic carbocycles. The number of phenolic OH excluding ortho intramolecular Hbond substituents is 2. The first-order valence-corrected chi connectivity index (χ1v) is 14.3. The highest BCUT2D eigenvalue weighted by atomic mass is 16.3. The Kier molecular flexibility index (Phi) is 12.7. The fraction of sp³-hybridized carbons (Fsp3) is 0.576. The van der Waals surface area contributed by atoms with Crippen molar-refractivity contribution >= 4 is 11.4 Å². The smallest absolute Gasteiger partial charge is 0.129 e. The number of nitrogens with zero attached hydrogens (tertiary/aromatic N) is 4. The third-order valence-corrected chi connectivity index (χ3v) is 6.79. The molecule has 6 heteroatoms. The molecule has 0 aliphatic heterocycles. The molecule has 0 heterocycles. The minimum Gasteiger partial charge on any atom is -0.507 e. The van der Waals surface area contributed by atoms with Gasteiger partial charge in [0, 0.05) is 59.9 Å². The Hall–Kier alpha value is -2.70. The summed E-state index contributed by atoms with van der Waals surface area (Å²) in [6.45, 7) is 21.4. The van der Waals surface area contributed by atoms with E-state index < -0.39 is 0 Å². The average molecular weight is 537 g/mol. The van der Waals surface area contributed by atoms with Crippen molar-refractivity contribution < 1.29 is 10.2 Å². The monoisotopic (exact) mass is 536 g/mol. The summed E-state index contributed by atoms with van der Waals surface area (Å²) in [6.07, 6.45) is 0.982. The number of aryl methyl sites for hydroxylation is 2. The van der Waals surface area contributed by atoms with Gasteiger partial charge in [-0.25, -0.2) is 0 Å². The summed E-state index contributed by atoms with van der Waals surface area (Å²) in [7, 11) is 4.19. The van der Waals surface area contributed by atoms with Gasteiger partial charge in [0.25, 0.3) is 0 Å². The van der Waals surface area contributed by atoms with Crippen LogP contribution in [0.2, 0.25) is 0 Å². The van der Waals surface area contributed by atoms with Crippen LogP contribution in [-0.4, -0.2) is 71.7 Å². The standard InChI is InChI=1S/C33H52N4O2/c1-22(2)18-34-26(7)30-16-24(5)14-28(32(30)38)20-36(9)12-11-13-37(10)21-29-15-25(6)17-31(33(29)39)27(8)35-19-23(3)4/h14-17,22-23,38-39H,11-13,18-21H2,1-10H3. The van der Waals surface area contributed by atoms with E-state index in [-0.39, 0.29) is 0 Å². The molecule has 39 heavy (non-hydrogen) atoms. The Balaban J connectivity index is 1.99. The molecule has 0 bridgehead atoms. The van der Waals surface area contributed by atoms with E-state index in [1.54, 1.807) is 0 Å². The van der Waals surface area contributed by atoms with Crippen molar-refractivity contribution in [2.45, 2.75) is 74.9 Å². The lowest BCUT2D eigenvalue weighted by atomic mass is 10.0.